The Morgan fingerprint density at radius 2 is 0.837 bits per heavy atom. The first kappa shape index (κ1) is 33.6. The minimum atomic E-state index is -0.518. The van der Waals surface area contributed by atoms with Gasteiger partial charge in [0.05, 0.1) is 28.9 Å². The second-order valence-electron chi connectivity index (χ2n) is 11.3. The smallest absolute Gasteiger partial charge is 0.343 e. The summed E-state index contributed by atoms with van der Waals surface area (Å²) >= 11 is 0. The lowest BCUT2D eigenvalue weighted by molar-refractivity contribution is 0.0275. The molecule has 0 saturated heterocycles. The molecule has 230 valence electrons. The number of esters is 3. The Labute approximate surface area is 256 Å². The number of carbonyl (C=O) groups is 3. The molecule has 0 aromatic heterocycles. The van der Waals surface area contributed by atoms with E-state index in [1.165, 1.54) is 0 Å². The molecule has 2 unspecified atom stereocenters. The zero-order valence-corrected chi connectivity index (χ0v) is 26.4. The van der Waals surface area contributed by atoms with Gasteiger partial charge in [0.25, 0.3) is 0 Å². The van der Waals surface area contributed by atoms with Gasteiger partial charge in [0.2, 0.25) is 0 Å². The fraction of sp³-hybridized carbons (Fsp3) is 0.432. The number of carbonyl (C=O) groups excluding carboxylic acids is 3. The summed E-state index contributed by atoms with van der Waals surface area (Å²) in [6, 6.07) is 20.7. The van der Waals surface area contributed by atoms with E-state index in [0.717, 1.165) is 49.7 Å². The molecule has 43 heavy (non-hydrogen) atoms. The van der Waals surface area contributed by atoms with Gasteiger partial charge in [-0.15, -0.1) is 0 Å². The number of hydrogen-bond donors (Lipinski definition) is 0. The minimum Gasteiger partial charge on any atom is -0.459 e. The Hall–Kier alpha value is -3.93. The highest BCUT2D eigenvalue weighted by Gasteiger charge is 2.18. The van der Waals surface area contributed by atoms with Crippen LogP contribution in [0.5, 0.6) is 5.75 Å². The lowest BCUT2D eigenvalue weighted by Gasteiger charge is -2.18. The van der Waals surface area contributed by atoms with Crippen LogP contribution in [0.3, 0.4) is 0 Å². The van der Waals surface area contributed by atoms with Crippen molar-refractivity contribution < 1.29 is 28.6 Å². The average molecular weight is 587 g/mol. The van der Waals surface area contributed by atoms with Crippen molar-refractivity contribution in [1.82, 2.24) is 0 Å². The molecule has 0 N–H and O–H groups in total. The van der Waals surface area contributed by atoms with Crippen molar-refractivity contribution in [2.75, 3.05) is 0 Å². The van der Waals surface area contributed by atoms with Crippen LogP contribution in [0.15, 0.2) is 72.8 Å². The molecule has 6 heteroatoms. The average Bonchev–Trinajstić information content (AvgIpc) is 3.02. The fourth-order valence-corrected chi connectivity index (χ4v) is 5.20. The quantitative estimate of drug-likeness (QED) is 0.130. The summed E-state index contributed by atoms with van der Waals surface area (Å²) in [7, 11) is 0. The van der Waals surface area contributed by atoms with Gasteiger partial charge in [0, 0.05) is 0 Å². The summed E-state index contributed by atoms with van der Waals surface area (Å²) < 4.78 is 16.8. The molecule has 0 radical (unpaired) electrons. The van der Waals surface area contributed by atoms with Crippen LogP contribution >= 0.6 is 0 Å². The van der Waals surface area contributed by atoms with E-state index in [4.69, 9.17) is 14.2 Å². The lowest BCUT2D eigenvalue weighted by Crippen LogP contribution is -2.18. The molecule has 3 aromatic carbocycles. The van der Waals surface area contributed by atoms with Crippen LogP contribution in [-0.2, 0) is 9.47 Å². The first-order chi connectivity index (χ1) is 20.7. The van der Waals surface area contributed by atoms with Crippen LogP contribution in [-0.4, -0.2) is 30.1 Å². The molecule has 0 aliphatic rings. The van der Waals surface area contributed by atoms with Crippen molar-refractivity contribution >= 4 is 17.9 Å². The molecule has 0 amide bonds. The molecule has 0 heterocycles. The Morgan fingerprint density at radius 1 is 0.512 bits per heavy atom. The molecule has 0 aliphatic carbocycles. The molecule has 0 spiro atoms. The molecule has 6 nitrogen and oxygen atoms in total. The molecule has 0 bridgehead atoms. The molecular weight excluding hydrogens is 540 g/mol. The van der Waals surface area contributed by atoms with E-state index in [9.17, 15) is 14.4 Å². The summed E-state index contributed by atoms with van der Waals surface area (Å²) in [4.78, 5) is 37.8. The van der Waals surface area contributed by atoms with Gasteiger partial charge in [-0.25, -0.2) is 14.4 Å². The van der Waals surface area contributed by atoms with E-state index in [1.807, 2.05) is 38.1 Å². The summed E-state index contributed by atoms with van der Waals surface area (Å²) in [5.74, 6) is 0.259. The zero-order valence-electron chi connectivity index (χ0n) is 26.4. The summed E-state index contributed by atoms with van der Waals surface area (Å²) in [5.41, 5.74) is 3.09. The highest BCUT2D eigenvalue weighted by Crippen LogP contribution is 2.25. The molecule has 3 aromatic rings. The normalized spacial score (nSPS) is 12.6. The van der Waals surface area contributed by atoms with Crippen LogP contribution in [0, 0.1) is 11.8 Å². The van der Waals surface area contributed by atoms with E-state index in [0.29, 0.717) is 34.3 Å². The maximum Gasteiger partial charge on any atom is 0.343 e. The van der Waals surface area contributed by atoms with Crippen molar-refractivity contribution in [3.8, 4) is 16.9 Å². The Morgan fingerprint density at radius 3 is 1.21 bits per heavy atom. The van der Waals surface area contributed by atoms with Crippen molar-refractivity contribution in [1.29, 1.82) is 0 Å². The van der Waals surface area contributed by atoms with Gasteiger partial charge in [0.1, 0.15) is 5.75 Å². The van der Waals surface area contributed by atoms with Crippen LogP contribution in [0.1, 0.15) is 111 Å². The third kappa shape index (κ3) is 10.1. The van der Waals surface area contributed by atoms with Crippen LogP contribution < -0.4 is 4.74 Å². The van der Waals surface area contributed by atoms with Crippen molar-refractivity contribution in [3.05, 3.63) is 89.5 Å². The SMILES string of the molecule is CCC(CC)CC(C)OC(=O)c1ccc(C(=O)Oc2ccc(-c3ccc(C(=O)OC(C)CC(CC)CC)cc3)cc2)cc1. The highest BCUT2D eigenvalue weighted by molar-refractivity contribution is 5.94. The Kier molecular flexibility index (Phi) is 13.0. The van der Waals surface area contributed by atoms with Gasteiger partial charge in [0.15, 0.2) is 0 Å². The molecule has 0 aliphatic heterocycles. The van der Waals surface area contributed by atoms with Crippen molar-refractivity contribution in [2.45, 2.75) is 92.3 Å². The molecule has 2 atom stereocenters. The number of ether oxygens (including phenoxy) is 3. The standard InChI is InChI=1S/C37H46O6/c1-7-27(8-2)23-25(5)41-35(38)31-13-11-29(12-14-31)30-19-21-34(22-20-30)43-37(40)33-17-15-32(16-18-33)36(39)42-26(6)24-28(9-3)10-4/h11-22,25-28H,7-10,23-24H2,1-6H3. The zero-order chi connectivity index (χ0) is 31.4. The maximum absolute atomic E-state index is 12.7. The highest BCUT2D eigenvalue weighted by atomic mass is 16.5. The summed E-state index contributed by atoms with van der Waals surface area (Å²) in [5, 5.41) is 0. The van der Waals surface area contributed by atoms with Gasteiger partial charge in [-0.2, -0.15) is 0 Å². The summed E-state index contributed by atoms with van der Waals surface area (Å²) in [6.45, 7) is 12.5. The first-order valence-electron chi connectivity index (χ1n) is 15.6. The van der Waals surface area contributed by atoms with E-state index in [2.05, 4.69) is 27.7 Å². The van der Waals surface area contributed by atoms with E-state index >= 15 is 0 Å². The first-order valence-corrected chi connectivity index (χ1v) is 15.6. The third-order valence-electron chi connectivity index (χ3n) is 8.13. The van der Waals surface area contributed by atoms with Crippen molar-refractivity contribution in [3.63, 3.8) is 0 Å². The largest absolute Gasteiger partial charge is 0.459 e. The Bertz CT molecular complexity index is 1300. The molecule has 0 saturated carbocycles. The second-order valence-corrected chi connectivity index (χ2v) is 11.3. The van der Waals surface area contributed by atoms with Crippen molar-refractivity contribution in [2.24, 2.45) is 11.8 Å². The second kappa shape index (κ2) is 16.6. The lowest BCUT2D eigenvalue weighted by atomic mass is 9.97. The van der Waals surface area contributed by atoms with E-state index < -0.39 is 11.9 Å². The predicted molar refractivity (Wildman–Crippen MR) is 170 cm³/mol. The van der Waals surface area contributed by atoms with E-state index in [1.54, 1.807) is 48.5 Å². The van der Waals surface area contributed by atoms with Crippen LogP contribution in [0.4, 0.5) is 0 Å². The predicted octanol–water partition coefficient (Wildman–Crippen LogP) is 9.32. The van der Waals surface area contributed by atoms with Gasteiger partial charge >= 0.3 is 17.9 Å². The molecule has 0 fully saturated rings. The fourth-order valence-electron chi connectivity index (χ4n) is 5.20. The van der Waals surface area contributed by atoms with Crippen LogP contribution in [0.25, 0.3) is 11.1 Å². The molecular formula is C37H46O6. The maximum atomic E-state index is 12.7. The minimum absolute atomic E-state index is 0.125. The number of rotatable bonds is 15. The van der Waals surface area contributed by atoms with Gasteiger partial charge < -0.3 is 14.2 Å². The van der Waals surface area contributed by atoms with E-state index in [-0.39, 0.29) is 18.2 Å². The Balaban J connectivity index is 1.54. The van der Waals surface area contributed by atoms with Gasteiger partial charge in [-0.3, -0.25) is 0 Å². The third-order valence-corrected chi connectivity index (χ3v) is 8.13. The van der Waals surface area contributed by atoms with Gasteiger partial charge in [-0.05, 0) is 98.2 Å². The molecule has 3 rings (SSSR count). The monoisotopic (exact) mass is 586 g/mol. The number of benzene rings is 3. The van der Waals surface area contributed by atoms with Crippen LogP contribution in [0.2, 0.25) is 0 Å². The number of hydrogen-bond acceptors (Lipinski definition) is 6. The topological polar surface area (TPSA) is 78.9 Å². The summed E-state index contributed by atoms with van der Waals surface area (Å²) in [6.07, 6.45) is 5.68. The van der Waals surface area contributed by atoms with Gasteiger partial charge in [-0.1, -0.05) is 77.6 Å².